The van der Waals surface area contributed by atoms with Crippen molar-refractivity contribution in [1.29, 1.82) is 0 Å². The minimum Gasteiger partial charge on any atom is -0.379 e. The number of benzene rings is 1. The zero-order valence-corrected chi connectivity index (χ0v) is 10.9. The van der Waals surface area contributed by atoms with Gasteiger partial charge in [0.25, 0.3) is 0 Å². The smallest absolute Gasteiger partial charge is 0.126 e. The van der Waals surface area contributed by atoms with Crippen LogP contribution in [0.5, 0.6) is 0 Å². The molecule has 1 fully saturated rings. The van der Waals surface area contributed by atoms with Crippen molar-refractivity contribution in [2.75, 3.05) is 13.2 Å². The summed E-state index contributed by atoms with van der Waals surface area (Å²) >= 11 is 6.22. The van der Waals surface area contributed by atoms with Crippen LogP contribution < -0.4 is 5.73 Å². The van der Waals surface area contributed by atoms with Crippen LogP contribution in [0.4, 0.5) is 4.39 Å². The molecular weight excluding hydrogens is 241 g/mol. The van der Waals surface area contributed by atoms with E-state index in [-0.39, 0.29) is 17.3 Å². The van der Waals surface area contributed by atoms with Crippen molar-refractivity contribution in [3.63, 3.8) is 0 Å². The van der Waals surface area contributed by atoms with E-state index >= 15 is 0 Å². The highest BCUT2D eigenvalue weighted by Gasteiger charge is 2.42. The van der Waals surface area contributed by atoms with Crippen LogP contribution in [0.15, 0.2) is 12.1 Å². The van der Waals surface area contributed by atoms with Crippen molar-refractivity contribution in [3.8, 4) is 0 Å². The molecule has 1 unspecified atom stereocenters. The predicted molar refractivity (Wildman–Crippen MR) is 66.9 cm³/mol. The lowest BCUT2D eigenvalue weighted by Crippen LogP contribution is -2.50. The van der Waals surface area contributed by atoms with E-state index in [4.69, 9.17) is 22.1 Å². The Morgan fingerprint density at radius 2 is 2.18 bits per heavy atom. The molecule has 94 valence electrons. The largest absolute Gasteiger partial charge is 0.379 e. The second-order valence-electron chi connectivity index (χ2n) is 5.04. The molecular formula is C13H17ClFNO. The van der Waals surface area contributed by atoms with Gasteiger partial charge in [0.15, 0.2) is 0 Å². The quantitative estimate of drug-likeness (QED) is 0.904. The van der Waals surface area contributed by atoms with Crippen LogP contribution in [0.1, 0.15) is 24.5 Å². The third-order valence-corrected chi connectivity index (χ3v) is 3.60. The summed E-state index contributed by atoms with van der Waals surface area (Å²) in [6, 6.07) is 3.25. The highest BCUT2D eigenvalue weighted by atomic mass is 35.5. The van der Waals surface area contributed by atoms with Gasteiger partial charge in [-0.25, -0.2) is 4.39 Å². The first-order chi connectivity index (χ1) is 7.94. The summed E-state index contributed by atoms with van der Waals surface area (Å²) in [4.78, 5) is 0. The van der Waals surface area contributed by atoms with E-state index in [9.17, 15) is 4.39 Å². The first-order valence-electron chi connectivity index (χ1n) is 5.74. The maximum absolute atomic E-state index is 13.7. The summed E-state index contributed by atoms with van der Waals surface area (Å²) in [5.41, 5.74) is 7.03. The van der Waals surface area contributed by atoms with Gasteiger partial charge in [-0.3, -0.25) is 0 Å². The fourth-order valence-corrected chi connectivity index (χ4v) is 2.82. The van der Waals surface area contributed by atoms with Crippen LogP contribution in [0.25, 0.3) is 0 Å². The summed E-state index contributed by atoms with van der Waals surface area (Å²) in [7, 11) is 0. The SMILES string of the molecule is Cc1cc(Cl)c(C2(CC(C)N)COC2)cc1F. The summed E-state index contributed by atoms with van der Waals surface area (Å²) in [6.45, 7) is 4.78. The molecule has 17 heavy (non-hydrogen) atoms. The van der Waals surface area contributed by atoms with Gasteiger partial charge in [-0.2, -0.15) is 0 Å². The third kappa shape index (κ3) is 2.32. The van der Waals surface area contributed by atoms with Gasteiger partial charge in [0.1, 0.15) is 5.82 Å². The molecule has 1 aromatic rings. The number of aryl methyl sites for hydroxylation is 1. The van der Waals surface area contributed by atoms with Gasteiger partial charge in [0, 0.05) is 16.5 Å². The molecule has 1 saturated heterocycles. The third-order valence-electron chi connectivity index (χ3n) is 3.29. The average molecular weight is 258 g/mol. The lowest BCUT2D eigenvalue weighted by molar-refractivity contribution is -0.0666. The Labute approximate surface area is 106 Å². The Kier molecular flexibility index (Phi) is 3.43. The molecule has 1 aliphatic heterocycles. The topological polar surface area (TPSA) is 35.2 Å². The van der Waals surface area contributed by atoms with Gasteiger partial charge in [-0.15, -0.1) is 0 Å². The molecule has 1 atom stereocenters. The number of hydrogen-bond acceptors (Lipinski definition) is 2. The highest BCUT2D eigenvalue weighted by Crippen LogP contribution is 2.40. The summed E-state index contributed by atoms with van der Waals surface area (Å²) in [6.07, 6.45) is 0.759. The van der Waals surface area contributed by atoms with Crippen molar-refractivity contribution in [3.05, 3.63) is 34.1 Å². The van der Waals surface area contributed by atoms with Gasteiger partial charge in [-0.05, 0) is 43.5 Å². The number of hydrogen-bond donors (Lipinski definition) is 1. The Morgan fingerprint density at radius 3 is 2.65 bits per heavy atom. The van der Waals surface area contributed by atoms with Crippen LogP contribution in [-0.4, -0.2) is 19.3 Å². The van der Waals surface area contributed by atoms with Gasteiger partial charge in [-0.1, -0.05) is 11.6 Å². The minimum atomic E-state index is -0.222. The predicted octanol–water partition coefficient (Wildman–Crippen LogP) is 2.79. The maximum atomic E-state index is 13.7. The lowest BCUT2D eigenvalue weighted by atomic mass is 9.74. The molecule has 1 heterocycles. The molecule has 2 N–H and O–H groups in total. The van der Waals surface area contributed by atoms with E-state index in [1.165, 1.54) is 6.07 Å². The Hall–Kier alpha value is -0.640. The van der Waals surface area contributed by atoms with E-state index in [0.29, 0.717) is 23.8 Å². The van der Waals surface area contributed by atoms with E-state index in [1.54, 1.807) is 13.0 Å². The van der Waals surface area contributed by atoms with Crippen molar-refractivity contribution < 1.29 is 9.13 Å². The summed E-state index contributed by atoms with van der Waals surface area (Å²) < 4.78 is 18.9. The number of rotatable bonds is 3. The molecule has 0 saturated carbocycles. The number of nitrogens with two attached hydrogens (primary N) is 1. The maximum Gasteiger partial charge on any atom is 0.126 e. The van der Waals surface area contributed by atoms with Gasteiger partial charge in [0.2, 0.25) is 0 Å². The molecule has 0 amide bonds. The molecule has 1 aromatic carbocycles. The fourth-order valence-electron chi connectivity index (χ4n) is 2.40. The highest BCUT2D eigenvalue weighted by molar-refractivity contribution is 6.31. The normalized spacial score (nSPS) is 19.8. The molecule has 2 nitrogen and oxygen atoms in total. The van der Waals surface area contributed by atoms with E-state index < -0.39 is 0 Å². The molecule has 1 aliphatic rings. The molecule has 0 aliphatic carbocycles. The molecule has 0 aromatic heterocycles. The van der Waals surface area contributed by atoms with Crippen LogP contribution in [-0.2, 0) is 10.2 Å². The monoisotopic (exact) mass is 257 g/mol. The second-order valence-corrected chi connectivity index (χ2v) is 5.44. The van der Waals surface area contributed by atoms with Crippen molar-refractivity contribution in [1.82, 2.24) is 0 Å². The Bertz CT molecular complexity index is 430. The fraction of sp³-hybridized carbons (Fsp3) is 0.538. The van der Waals surface area contributed by atoms with Crippen LogP contribution in [0, 0.1) is 12.7 Å². The van der Waals surface area contributed by atoms with Crippen LogP contribution in [0.3, 0.4) is 0 Å². The van der Waals surface area contributed by atoms with Gasteiger partial charge in [0.05, 0.1) is 13.2 Å². The first-order valence-corrected chi connectivity index (χ1v) is 6.12. The van der Waals surface area contributed by atoms with Crippen LogP contribution in [0.2, 0.25) is 5.02 Å². The van der Waals surface area contributed by atoms with Gasteiger partial charge < -0.3 is 10.5 Å². The van der Waals surface area contributed by atoms with E-state index in [1.807, 2.05) is 6.92 Å². The van der Waals surface area contributed by atoms with Crippen LogP contribution >= 0.6 is 11.6 Å². The minimum absolute atomic E-state index is 0.0410. The Morgan fingerprint density at radius 1 is 1.53 bits per heavy atom. The summed E-state index contributed by atoms with van der Waals surface area (Å²) in [5, 5.41) is 0.604. The molecule has 0 radical (unpaired) electrons. The zero-order chi connectivity index (χ0) is 12.6. The average Bonchev–Trinajstić information content (AvgIpc) is 2.17. The number of halogens is 2. The van der Waals surface area contributed by atoms with E-state index in [2.05, 4.69) is 0 Å². The standard InChI is InChI=1S/C13H17ClFNO/c1-8-3-11(14)10(4-12(8)15)13(5-9(2)16)6-17-7-13/h3-4,9H,5-7,16H2,1-2H3. The van der Waals surface area contributed by atoms with Crippen molar-refractivity contribution in [2.24, 2.45) is 5.73 Å². The first kappa shape index (κ1) is 12.8. The molecule has 4 heteroatoms. The molecule has 0 bridgehead atoms. The second kappa shape index (κ2) is 4.56. The lowest BCUT2D eigenvalue weighted by Gasteiger charge is -2.43. The summed E-state index contributed by atoms with van der Waals surface area (Å²) in [5.74, 6) is -0.222. The zero-order valence-electron chi connectivity index (χ0n) is 10.1. The van der Waals surface area contributed by atoms with Crippen molar-refractivity contribution >= 4 is 11.6 Å². The van der Waals surface area contributed by atoms with Crippen molar-refractivity contribution in [2.45, 2.75) is 31.7 Å². The van der Waals surface area contributed by atoms with E-state index in [0.717, 1.165) is 12.0 Å². The van der Waals surface area contributed by atoms with Gasteiger partial charge >= 0.3 is 0 Å². The number of ether oxygens (including phenoxy) is 1. The Balaban J connectivity index is 2.40. The molecule has 2 rings (SSSR count). The molecule has 0 spiro atoms.